The maximum Gasteiger partial charge on any atom is 1.00 e. The molecule has 0 saturated carbocycles. The molecule has 6 heteroatoms. The number of aliphatic hydroxyl groups is 1. The molecule has 0 spiro atoms. The van der Waals surface area contributed by atoms with Crippen molar-refractivity contribution in [2.45, 2.75) is 95.8 Å². The van der Waals surface area contributed by atoms with Gasteiger partial charge in [0.1, 0.15) is 0 Å². The fraction of sp³-hybridized carbons (Fsp3) is 1.00. The molecule has 0 aromatic heterocycles. The van der Waals surface area contributed by atoms with Crippen LogP contribution in [-0.4, -0.2) is 29.4 Å². The van der Waals surface area contributed by atoms with E-state index in [1.54, 1.807) is 0 Å². The van der Waals surface area contributed by atoms with Crippen LogP contribution in [0.2, 0.25) is 0 Å². The van der Waals surface area contributed by atoms with Gasteiger partial charge in [0.05, 0.1) is 21.5 Å². The molecule has 0 radical (unpaired) electrons. The molecule has 21 heavy (non-hydrogen) atoms. The summed E-state index contributed by atoms with van der Waals surface area (Å²) in [5, 5.41) is 8.92. The molecular weight excluding hydrogens is 315 g/mol. The van der Waals surface area contributed by atoms with Gasteiger partial charge in [-0.25, -0.2) is 8.42 Å². The quantitative estimate of drug-likeness (QED) is 0.301. The van der Waals surface area contributed by atoms with E-state index in [0.29, 0.717) is 19.3 Å². The third kappa shape index (κ3) is 14.8. The second kappa shape index (κ2) is 15.1. The van der Waals surface area contributed by atoms with Gasteiger partial charge < -0.3 is 9.66 Å². The number of hydrogen-bond donors (Lipinski definition) is 1. The Morgan fingerprint density at radius 2 is 1.43 bits per heavy atom. The number of rotatable bonds is 13. The van der Waals surface area contributed by atoms with Crippen LogP contribution in [0.15, 0.2) is 0 Å². The number of aliphatic hydroxyl groups excluding tert-OH is 1. The van der Waals surface area contributed by atoms with Crippen LogP contribution in [-0.2, 0) is 10.1 Å². The molecule has 0 aliphatic rings. The summed E-state index contributed by atoms with van der Waals surface area (Å²) in [6.45, 7) is 4.04. The molecule has 0 fully saturated rings. The van der Waals surface area contributed by atoms with E-state index in [0.717, 1.165) is 12.8 Å². The van der Waals surface area contributed by atoms with Gasteiger partial charge in [0, 0.05) is 0 Å². The summed E-state index contributed by atoms with van der Waals surface area (Å²) in [6, 6.07) is 0. The van der Waals surface area contributed by atoms with Crippen LogP contribution in [0.25, 0.3) is 0 Å². The molecule has 2 atom stereocenters. The molecule has 1 N–H and O–H groups in total. The molecule has 0 aromatic carbocycles. The number of hydrogen-bond acceptors (Lipinski definition) is 4. The van der Waals surface area contributed by atoms with Crippen LogP contribution >= 0.6 is 0 Å². The monoisotopic (exact) mass is 346 g/mol. The fourth-order valence-corrected chi connectivity index (χ4v) is 3.44. The molecule has 0 bridgehead atoms. The summed E-state index contributed by atoms with van der Waals surface area (Å²) < 4.78 is 33.2. The van der Waals surface area contributed by atoms with E-state index in [9.17, 15) is 18.1 Å². The van der Waals surface area contributed by atoms with E-state index < -0.39 is 21.5 Å². The average Bonchev–Trinajstić information content (AvgIpc) is 2.36. The molecular formula is C15H31KO4S. The van der Waals surface area contributed by atoms with Crippen LogP contribution in [0.5, 0.6) is 0 Å². The van der Waals surface area contributed by atoms with E-state index in [2.05, 4.69) is 6.92 Å². The van der Waals surface area contributed by atoms with Crippen LogP contribution < -0.4 is 51.4 Å². The van der Waals surface area contributed by atoms with Gasteiger partial charge in [0.25, 0.3) is 0 Å². The molecule has 0 aliphatic carbocycles. The maximum atomic E-state index is 11.1. The second-order valence-corrected chi connectivity index (χ2v) is 7.36. The minimum absolute atomic E-state index is 0. The van der Waals surface area contributed by atoms with Gasteiger partial charge in [-0.05, 0) is 19.3 Å². The Labute approximate surface area is 173 Å². The molecule has 0 amide bonds. The predicted octanol–water partition coefficient (Wildman–Crippen LogP) is 0.596. The summed E-state index contributed by atoms with van der Waals surface area (Å²) in [7, 11) is -4.28. The van der Waals surface area contributed by atoms with Crippen LogP contribution in [0.4, 0.5) is 0 Å². The topological polar surface area (TPSA) is 77.4 Å². The van der Waals surface area contributed by atoms with E-state index in [4.69, 9.17) is 0 Å². The van der Waals surface area contributed by atoms with Gasteiger partial charge in [-0.2, -0.15) is 0 Å². The van der Waals surface area contributed by atoms with E-state index in [1.807, 2.05) is 6.92 Å². The SMILES string of the molecule is CCCCCCCCCC(O)CC(CCC)S(=O)(=O)[O-].[K+]. The first-order valence-corrected chi connectivity index (χ1v) is 9.51. The van der Waals surface area contributed by atoms with Crippen molar-refractivity contribution in [1.29, 1.82) is 0 Å². The molecule has 0 aliphatic heterocycles. The summed E-state index contributed by atoms with van der Waals surface area (Å²) in [5.74, 6) is 0. The minimum atomic E-state index is -4.28. The first kappa shape index (κ1) is 24.8. The standard InChI is InChI=1S/C15H32O4S.K/c1-3-5-6-7-8-9-10-12-14(16)13-15(11-4-2)20(17,18)19;/h14-16H,3-13H2,1-2H3,(H,17,18,19);/q;+1/p-1. The molecule has 122 valence electrons. The van der Waals surface area contributed by atoms with Crippen LogP contribution in [0, 0.1) is 0 Å². The van der Waals surface area contributed by atoms with Gasteiger partial charge in [0.15, 0.2) is 0 Å². The summed E-state index contributed by atoms with van der Waals surface area (Å²) >= 11 is 0. The normalized spacial score (nSPS) is 14.5. The Balaban J connectivity index is 0. The zero-order chi connectivity index (χ0) is 15.4. The predicted molar refractivity (Wildman–Crippen MR) is 81.6 cm³/mol. The van der Waals surface area contributed by atoms with Crippen molar-refractivity contribution >= 4 is 10.1 Å². The van der Waals surface area contributed by atoms with Crippen molar-refractivity contribution in [3.05, 3.63) is 0 Å². The fourth-order valence-electron chi connectivity index (χ4n) is 2.46. The Morgan fingerprint density at radius 3 is 1.90 bits per heavy atom. The van der Waals surface area contributed by atoms with Crippen LogP contribution in [0.3, 0.4) is 0 Å². The van der Waals surface area contributed by atoms with Gasteiger partial charge in [-0.15, -0.1) is 0 Å². The summed E-state index contributed by atoms with van der Waals surface area (Å²) in [4.78, 5) is 0. The third-order valence-corrected chi connectivity index (χ3v) is 4.94. The molecule has 0 heterocycles. The largest absolute Gasteiger partial charge is 1.00 e. The zero-order valence-corrected chi connectivity index (χ0v) is 18.0. The first-order chi connectivity index (χ1) is 9.41. The van der Waals surface area contributed by atoms with Crippen molar-refractivity contribution in [2.24, 2.45) is 0 Å². The molecule has 2 unspecified atom stereocenters. The maximum absolute atomic E-state index is 11.1. The molecule has 0 saturated heterocycles. The van der Waals surface area contributed by atoms with E-state index in [1.165, 1.54) is 32.1 Å². The Morgan fingerprint density at radius 1 is 0.905 bits per heavy atom. The second-order valence-electron chi connectivity index (χ2n) is 5.70. The smallest absolute Gasteiger partial charge is 0.748 e. The van der Waals surface area contributed by atoms with Crippen molar-refractivity contribution in [2.75, 3.05) is 0 Å². The van der Waals surface area contributed by atoms with Gasteiger partial charge in [0.2, 0.25) is 0 Å². The Kier molecular flexibility index (Phi) is 17.8. The van der Waals surface area contributed by atoms with Crippen molar-refractivity contribution in [3.8, 4) is 0 Å². The Hall–Kier alpha value is 1.51. The van der Waals surface area contributed by atoms with Crippen molar-refractivity contribution < 1.29 is 69.5 Å². The van der Waals surface area contributed by atoms with E-state index >= 15 is 0 Å². The summed E-state index contributed by atoms with van der Waals surface area (Å²) in [6.07, 6.45) is 9.20. The van der Waals surface area contributed by atoms with Crippen molar-refractivity contribution in [1.82, 2.24) is 0 Å². The average molecular weight is 347 g/mol. The summed E-state index contributed by atoms with van der Waals surface area (Å²) in [5.41, 5.74) is 0. The van der Waals surface area contributed by atoms with E-state index in [-0.39, 0.29) is 57.8 Å². The van der Waals surface area contributed by atoms with Gasteiger partial charge >= 0.3 is 51.4 Å². The Bertz CT molecular complexity index is 320. The zero-order valence-electron chi connectivity index (χ0n) is 14.0. The molecule has 0 aromatic rings. The van der Waals surface area contributed by atoms with Gasteiger partial charge in [-0.3, -0.25) is 0 Å². The van der Waals surface area contributed by atoms with Crippen molar-refractivity contribution in [3.63, 3.8) is 0 Å². The number of unbranched alkanes of at least 4 members (excludes halogenated alkanes) is 6. The third-order valence-electron chi connectivity index (χ3n) is 3.69. The van der Waals surface area contributed by atoms with Gasteiger partial charge in [-0.1, -0.05) is 65.2 Å². The first-order valence-electron chi connectivity index (χ1n) is 8.04. The molecule has 4 nitrogen and oxygen atoms in total. The minimum Gasteiger partial charge on any atom is -0.748 e. The van der Waals surface area contributed by atoms with Crippen LogP contribution in [0.1, 0.15) is 84.5 Å². The molecule has 0 rings (SSSR count).